The Kier molecular flexibility index (Phi) is 6.64. The Labute approximate surface area is 209 Å². The van der Waals surface area contributed by atoms with Gasteiger partial charge in [0.05, 0.1) is 13.0 Å². The lowest BCUT2D eigenvalue weighted by Gasteiger charge is -2.32. The zero-order valence-corrected chi connectivity index (χ0v) is 21.9. The Balaban J connectivity index is 1.85. The number of hydrogen-bond donors (Lipinski definition) is 0. The van der Waals surface area contributed by atoms with Crippen LogP contribution in [-0.4, -0.2) is 13.1 Å². The summed E-state index contributed by atoms with van der Waals surface area (Å²) >= 11 is 0. The molecule has 0 N–H and O–H groups in total. The van der Waals surface area contributed by atoms with Crippen molar-refractivity contribution in [3.05, 3.63) is 101 Å². The van der Waals surface area contributed by atoms with Gasteiger partial charge in [-0.1, -0.05) is 108 Å². The van der Waals surface area contributed by atoms with Crippen LogP contribution in [0.15, 0.2) is 72.8 Å². The minimum Gasteiger partial charge on any atom is -0.497 e. The summed E-state index contributed by atoms with van der Waals surface area (Å²) in [6.45, 7) is 12.8. The maximum absolute atomic E-state index is 14.1. The van der Waals surface area contributed by atoms with Gasteiger partial charge in [0, 0.05) is 17.0 Å². The fourth-order valence-corrected chi connectivity index (χ4v) is 4.82. The monoisotopic (exact) mass is 468 g/mol. The third-order valence-electron chi connectivity index (χ3n) is 6.73. The molecule has 4 rings (SSSR count). The average Bonchev–Trinajstić information content (AvgIpc) is 2.82. The minimum atomic E-state index is -0.443. The van der Waals surface area contributed by atoms with Crippen molar-refractivity contribution in [2.75, 3.05) is 7.11 Å². The molecule has 1 aliphatic rings. The molecule has 0 unspecified atom stereocenters. The largest absolute Gasteiger partial charge is 0.497 e. The van der Waals surface area contributed by atoms with Crippen molar-refractivity contribution in [2.24, 2.45) is 0 Å². The van der Waals surface area contributed by atoms with Crippen LogP contribution in [0, 0.1) is 0 Å². The van der Waals surface area contributed by atoms with Gasteiger partial charge in [0.1, 0.15) is 11.5 Å². The zero-order chi connectivity index (χ0) is 25.4. The van der Waals surface area contributed by atoms with E-state index in [2.05, 4.69) is 71.9 Å². The van der Waals surface area contributed by atoms with Gasteiger partial charge in [-0.3, -0.25) is 4.79 Å². The number of allylic oxidation sites excluding steroid dienone is 1. The third kappa shape index (κ3) is 5.05. The lowest BCUT2D eigenvalue weighted by molar-refractivity contribution is -0.136. The molecule has 3 aromatic carbocycles. The smallest absolute Gasteiger partial charge is 0.319 e. The van der Waals surface area contributed by atoms with Crippen LogP contribution in [0.3, 0.4) is 0 Å². The number of methoxy groups -OCH3 is 1. The molecule has 1 aliphatic carbocycles. The molecule has 0 saturated carbocycles. The van der Waals surface area contributed by atoms with Gasteiger partial charge in [-0.05, 0) is 39.7 Å². The molecule has 0 saturated heterocycles. The molecular formula is C32H36O3. The number of fused-ring (bicyclic) bond motifs is 1. The second-order valence-electron chi connectivity index (χ2n) is 11.4. The topological polar surface area (TPSA) is 35.5 Å². The van der Waals surface area contributed by atoms with Crippen molar-refractivity contribution in [3.8, 4) is 11.5 Å². The standard InChI is InChI=1S/C32H36O3/c1-31(2,3)26-19-23(34-7)20-27(32(4,5)6)29(26)35-30(33)28-24-16-12-11-15-22(24)17-18-25(28)21-13-9-8-10-14-21/h8-20,25,28H,1-7H3/t25-,28+/m0/s1. The quantitative estimate of drug-likeness (QED) is 0.290. The van der Waals surface area contributed by atoms with Crippen LogP contribution in [-0.2, 0) is 15.6 Å². The Morgan fingerprint density at radius 1 is 0.800 bits per heavy atom. The lowest BCUT2D eigenvalue weighted by Crippen LogP contribution is -2.29. The highest BCUT2D eigenvalue weighted by molar-refractivity contribution is 5.86. The third-order valence-corrected chi connectivity index (χ3v) is 6.73. The molecule has 3 aromatic rings. The summed E-state index contributed by atoms with van der Waals surface area (Å²) in [4.78, 5) is 14.1. The second kappa shape index (κ2) is 9.37. The van der Waals surface area contributed by atoms with Gasteiger partial charge in [0.15, 0.2) is 0 Å². The number of benzene rings is 3. The van der Waals surface area contributed by atoms with Gasteiger partial charge in [-0.2, -0.15) is 0 Å². The molecule has 0 fully saturated rings. The molecule has 0 heterocycles. The van der Waals surface area contributed by atoms with E-state index in [1.165, 1.54) is 0 Å². The SMILES string of the molecule is COc1cc(C(C)(C)C)c(OC(=O)[C@@H]2c3ccccc3C=C[C@H]2c2ccccc2)c(C(C)(C)C)c1. The van der Waals surface area contributed by atoms with Crippen molar-refractivity contribution < 1.29 is 14.3 Å². The normalized spacial score (nSPS) is 17.6. The van der Waals surface area contributed by atoms with E-state index >= 15 is 0 Å². The number of ether oxygens (including phenoxy) is 2. The highest BCUT2D eigenvalue weighted by atomic mass is 16.5. The molecule has 2 atom stereocenters. The van der Waals surface area contributed by atoms with E-state index in [1.807, 2.05) is 48.5 Å². The van der Waals surface area contributed by atoms with E-state index < -0.39 is 5.92 Å². The van der Waals surface area contributed by atoms with E-state index in [0.29, 0.717) is 5.75 Å². The van der Waals surface area contributed by atoms with Gasteiger partial charge in [-0.25, -0.2) is 0 Å². The Bertz CT molecular complexity index is 1200. The summed E-state index contributed by atoms with van der Waals surface area (Å²) in [6.07, 6.45) is 4.25. The number of hydrogen-bond acceptors (Lipinski definition) is 3. The molecule has 0 spiro atoms. The summed E-state index contributed by atoms with van der Waals surface area (Å²) in [6, 6.07) is 22.3. The lowest BCUT2D eigenvalue weighted by atomic mass is 9.75. The average molecular weight is 469 g/mol. The summed E-state index contributed by atoms with van der Waals surface area (Å²) < 4.78 is 12.1. The first-order valence-corrected chi connectivity index (χ1v) is 12.3. The molecule has 0 bridgehead atoms. The summed E-state index contributed by atoms with van der Waals surface area (Å²) in [5, 5.41) is 0. The summed E-state index contributed by atoms with van der Waals surface area (Å²) in [5.41, 5.74) is 4.60. The minimum absolute atomic E-state index is 0.104. The summed E-state index contributed by atoms with van der Waals surface area (Å²) in [7, 11) is 1.68. The molecule has 3 heteroatoms. The predicted molar refractivity (Wildman–Crippen MR) is 143 cm³/mol. The van der Waals surface area contributed by atoms with Crippen LogP contribution in [0.5, 0.6) is 11.5 Å². The Morgan fingerprint density at radius 2 is 1.37 bits per heavy atom. The van der Waals surface area contributed by atoms with Crippen LogP contribution < -0.4 is 9.47 Å². The predicted octanol–water partition coefficient (Wildman–Crippen LogP) is 7.79. The molecule has 0 radical (unpaired) electrons. The van der Waals surface area contributed by atoms with Gasteiger partial charge in [-0.15, -0.1) is 0 Å². The van der Waals surface area contributed by atoms with Gasteiger partial charge >= 0.3 is 5.97 Å². The van der Waals surface area contributed by atoms with Crippen molar-refractivity contribution >= 4 is 12.0 Å². The van der Waals surface area contributed by atoms with Crippen molar-refractivity contribution in [3.63, 3.8) is 0 Å². The first-order valence-electron chi connectivity index (χ1n) is 12.3. The van der Waals surface area contributed by atoms with Crippen molar-refractivity contribution in [1.82, 2.24) is 0 Å². The molecule has 3 nitrogen and oxygen atoms in total. The maximum atomic E-state index is 14.1. The molecule has 0 aliphatic heterocycles. The number of carbonyl (C=O) groups is 1. The van der Waals surface area contributed by atoms with Gasteiger partial charge in [0.2, 0.25) is 0 Å². The first-order chi connectivity index (χ1) is 16.5. The van der Waals surface area contributed by atoms with E-state index in [-0.39, 0.29) is 22.7 Å². The van der Waals surface area contributed by atoms with Crippen LogP contribution >= 0.6 is 0 Å². The summed E-state index contributed by atoms with van der Waals surface area (Å²) in [5.74, 6) is 0.633. The first kappa shape index (κ1) is 24.8. The molecule has 0 amide bonds. The zero-order valence-electron chi connectivity index (χ0n) is 21.9. The Hall–Kier alpha value is -3.33. The van der Waals surface area contributed by atoms with E-state index in [0.717, 1.165) is 33.6 Å². The number of rotatable bonds is 4. The molecule has 182 valence electrons. The Morgan fingerprint density at radius 3 is 1.94 bits per heavy atom. The van der Waals surface area contributed by atoms with Crippen LogP contribution in [0.4, 0.5) is 0 Å². The van der Waals surface area contributed by atoms with Crippen LogP contribution in [0.1, 0.15) is 81.2 Å². The van der Waals surface area contributed by atoms with Crippen molar-refractivity contribution in [1.29, 1.82) is 0 Å². The van der Waals surface area contributed by atoms with Gasteiger partial charge in [0.25, 0.3) is 0 Å². The van der Waals surface area contributed by atoms with E-state index in [9.17, 15) is 4.79 Å². The van der Waals surface area contributed by atoms with E-state index in [4.69, 9.17) is 9.47 Å². The van der Waals surface area contributed by atoms with Crippen molar-refractivity contribution in [2.45, 2.75) is 64.2 Å². The van der Waals surface area contributed by atoms with E-state index in [1.54, 1.807) is 7.11 Å². The maximum Gasteiger partial charge on any atom is 0.319 e. The van der Waals surface area contributed by atoms with Gasteiger partial charge < -0.3 is 9.47 Å². The number of carbonyl (C=O) groups excluding carboxylic acids is 1. The fraction of sp³-hybridized carbons (Fsp3) is 0.344. The molecular weight excluding hydrogens is 432 g/mol. The fourth-order valence-electron chi connectivity index (χ4n) is 4.82. The van der Waals surface area contributed by atoms with Crippen LogP contribution in [0.25, 0.3) is 6.08 Å². The molecule has 0 aromatic heterocycles. The van der Waals surface area contributed by atoms with Crippen LogP contribution in [0.2, 0.25) is 0 Å². The molecule has 35 heavy (non-hydrogen) atoms. The number of esters is 1. The highest BCUT2D eigenvalue weighted by Gasteiger charge is 2.37. The highest BCUT2D eigenvalue weighted by Crippen LogP contribution is 2.45. The second-order valence-corrected chi connectivity index (χ2v) is 11.4.